The largest absolute Gasteiger partial charge is 0.355 e. The van der Waals surface area contributed by atoms with Crippen molar-refractivity contribution in [2.45, 2.75) is 18.9 Å². The van der Waals surface area contributed by atoms with E-state index in [4.69, 9.17) is 0 Å². The molecule has 0 saturated carbocycles. The van der Waals surface area contributed by atoms with Crippen molar-refractivity contribution in [2.24, 2.45) is 0 Å². The van der Waals surface area contributed by atoms with Crippen LogP contribution in [-0.4, -0.2) is 25.0 Å². The molecule has 2 rings (SSSR count). The number of rotatable bonds is 2. The van der Waals surface area contributed by atoms with E-state index < -0.39 is 0 Å². The van der Waals surface area contributed by atoms with Gasteiger partial charge in [0.2, 0.25) is 5.91 Å². The number of hydrogen-bond acceptors (Lipinski definition) is 2. The fourth-order valence-electron chi connectivity index (χ4n) is 1.89. The lowest BCUT2D eigenvalue weighted by Crippen LogP contribution is -2.31. The number of hydrogen-bond donors (Lipinski definition) is 2. The van der Waals surface area contributed by atoms with Gasteiger partial charge in [-0.05, 0) is 12.0 Å². The molecule has 0 spiro atoms. The minimum absolute atomic E-state index is 0.154. The molecule has 1 heterocycles. The second-order valence-corrected chi connectivity index (χ2v) is 3.89. The minimum Gasteiger partial charge on any atom is -0.355 e. The fraction of sp³-hybridized carbons (Fsp3) is 0.417. The van der Waals surface area contributed by atoms with Crippen LogP contribution >= 0.6 is 0 Å². The highest BCUT2D eigenvalue weighted by Gasteiger charge is 2.16. The van der Waals surface area contributed by atoms with Crippen molar-refractivity contribution in [1.82, 2.24) is 10.6 Å². The zero-order valence-corrected chi connectivity index (χ0v) is 8.70. The van der Waals surface area contributed by atoms with Crippen molar-refractivity contribution >= 4 is 5.91 Å². The summed E-state index contributed by atoms with van der Waals surface area (Å²) >= 11 is 0. The summed E-state index contributed by atoms with van der Waals surface area (Å²) in [6.07, 6.45) is 1.50. The van der Waals surface area contributed by atoms with Gasteiger partial charge in [0.25, 0.3) is 0 Å². The molecule has 3 nitrogen and oxygen atoms in total. The highest BCUT2D eigenvalue weighted by molar-refractivity contribution is 5.76. The van der Waals surface area contributed by atoms with Gasteiger partial charge in [-0.3, -0.25) is 4.79 Å². The van der Waals surface area contributed by atoms with Gasteiger partial charge >= 0.3 is 0 Å². The van der Waals surface area contributed by atoms with Crippen LogP contribution in [0.25, 0.3) is 0 Å². The zero-order valence-electron chi connectivity index (χ0n) is 8.70. The summed E-state index contributed by atoms with van der Waals surface area (Å²) in [6, 6.07) is 10.6. The Labute approximate surface area is 89.9 Å². The zero-order chi connectivity index (χ0) is 10.5. The van der Waals surface area contributed by atoms with Gasteiger partial charge in [-0.1, -0.05) is 30.3 Å². The van der Waals surface area contributed by atoms with E-state index in [-0.39, 0.29) is 11.9 Å². The van der Waals surface area contributed by atoms with Gasteiger partial charge in [-0.25, -0.2) is 0 Å². The van der Waals surface area contributed by atoms with Crippen molar-refractivity contribution in [1.29, 1.82) is 0 Å². The highest BCUT2D eigenvalue weighted by atomic mass is 16.1. The molecule has 1 aliphatic rings. The van der Waals surface area contributed by atoms with Crippen LogP contribution in [0.5, 0.6) is 0 Å². The van der Waals surface area contributed by atoms with E-state index in [1.165, 1.54) is 5.56 Å². The third-order valence-corrected chi connectivity index (χ3v) is 2.64. The molecule has 0 aliphatic carbocycles. The third-order valence-electron chi connectivity index (χ3n) is 2.64. The summed E-state index contributed by atoms with van der Waals surface area (Å²) in [5.41, 5.74) is 1.28. The molecule has 80 valence electrons. The molecule has 0 aromatic heterocycles. The number of carbonyl (C=O) groups is 1. The van der Waals surface area contributed by atoms with E-state index in [1.54, 1.807) is 0 Å². The summed E-state index contributed by atoms with van der Waals surface area (Å²) in [5, 5.41) is 6.24. The fourth-order valence-corrected chi connectivity index (χ4v) is 1.89. The van der Waals surface area contributed by atoms with Gasteiger partial charge in [-0.15, -0.1) is 0 Å². The molecular formula is C12H16N2O. The lowest BCUT2D eigenvalue weighted by Gasteiger charge is -2.14. The van der Waals surface area contributed by atoms with Crippen molar-refractivity contribution in [3.05, 3.63) is 35.9 Å². The predicted molar refractivity (Wildman–Crippen MR) is 59.6 cm³/mol. The SMILES string of the molecule is O=C1C[C@@H](Cc2ccccc2)NCCN1. The summed E-state index contributed by atoms with van der Waals surface area (Å²) in [4.78, 5) is 11.3. The second kappa shape index (κ2) is 4.94. The van der Waals surface area contributed by atoms with E-state index >= 15 is 0 Å². The van der Waals surface area contributed by atoms with Crippen LogP contribution in [-0.2, 0) is 11.2 Å². The van der Waals surface area contributed by atoms with Gasteiger partial charge in [0.05, 0.1) is 0 Å². The molecule has 1 amide bonds. The van der Waals surface area contributed by atoms with Crippen molar-refractivity contribution in [3.63, 3.8) is 0 Å². The first-order chi connectivity index (χ1) is 7.34. The molecule has 0 bridgehead atoms. The van der Waals surface area contributed by atoms with Crippen LogP contribution < -0.4 is 10.6 Å². The van der Waals surface area contributed by atoms with Crippen LogP contribution in [0.15, 0.2) is 30.3 Å². The van der Waals surface area contributed by atoms with Gasteiger partial charge in [0, 0.05) is 25.6 Å². The van der Waals surface area contributed by atoms with Crippen LogP contribution in [0.4, 0.5) is 0 Å². The molecule has 1 aromatic rings. The van der Waals surface area contributed by atoms with E-state index in [2.05, 4.69) is 22.8 Å². The summed E-state index contributed by atoms with van der Waals surface area (Å²) < 4.78 is 0. The summed E-state index contributed by atoms with van der Waals surface area (Å²) in [6.45, 7) is 1.60. The Balaban J connectivity index is 1.96. The first kappa shape index (κ1) is 10.2. The molecule has 1 aromatic carbocycles. The molecule has 15 heavy (non-hydrogen) atoms. The van der Waals surface area contributed by atoms with Crippen molar-refractivity contribution in [2.75, 3.05) is 13.1 Å². The Hall–Kier alpha value is -1.35. The molecule has 0 unspecified atom stereocenters. The van der Waals surface area contributed by atoms with E-state index in [1.807, 2.05) is 18.2 Å². The number of amides is 1. The Morgan fingerprint density at radius 2 is 2.00 bits per heavy atom. The third kappa shape index (κ3) is 3.06. The van der Waals surface area contributed by atoms with Gasteiger partial charge in [0.15, 0.2) is 0 Å². The van der Waals surface area contributed by atoms with Crippen LogP contribution in [0.1, 0.15) is 12.0 Å². The summed E-state index contributed by atoms with van der Waals surface area (Å²) in [7, 11) is 0. The van der Waals surface area contributed by atoms with E-state index in [0.29, 0.717) is 6.42 Å². The molecule has 2 N–H and O–H groups in total. The maximum absolute atomic E-state index is 11.3. The second-order valence-electron chi connectivity index (χ2n) is 3.89. The Morgan fingerprint density at radius 3 is 2.80 bits per heavy atom. The number of benzene rings is 1. The molecule has 0 radical (unpaired) electrons. The quantitative estimate of drug-likeness (QED) is 0.745. The monoisotopic (exact) mass is 204 g/mol. The smallest absolute Gasteiger partial charge is 0.221 e. The van der Waals surface area contributed by atoms with E-state index in [0.717, 1.165) is 19.5 Å². The standard InChI is InChI=1S/C12H16N2O/c15-12-9-11(13-6-7-14-12)8-10-4-2-1-3-5-10/h1-5,11,13H,6-9H2,(H,14,15)/t11-/m1/s1. The Kier molecular flexibility index (Phi) is 3.35. The van der Waals surface area contributed by atoms with Crippen molar-refractivity contribution in [3.8, 4) is 0 Å². The number of carbonyl (C=O) groups excluding carboxylic acids is 1. The van der Waals surface area contributed by atoms with Gasteiger partial charge in [-0.2, -0.15) is 0 Å². The highest BCUT2D eigenvalue weighted by Crippen LogP contribution is 2.06. The minimum atomic E-state index is 0.154. The van der Waals surface area contributed by atoms with Gasteiger partial charge in [0.1, 0.15) is 0 Å². The van der Waals surface area contributed by atoms with Crippen LogP contribution in [0.2, 0.25) is 0 Å². The topological polar surface area (TPSA) is 41.1 Å². The maximum Gasteiger partial charge on any atom is 0.221 e. The Morgan fingerprint density at radius 1 is 1.20 bits per heavy atom. The first-order valence-electron chi connectivity index (χ1n) is 5.38. The normalized spacial score (nSPS) is 21.9. The van der Waals surface area contributed by atoms with Gasteiger partial charge < -0.3 is 10.6 Å². The lowest BCUT2D eigenvalue weighted by molar-refractivity contribution is -0.121. The maximum atomic E-state index is 11.3. The molecule has 1 fully saturated rings. The average Bonchev–Trinajstić information content (AvgIpc) is 2.44. The molecular weight excluding hydrogens is 188 g/mol. The predicted octanol–water partition coefficient (Wildman–Crippen LogP) is 0.707. The van der Waals surface area contributed by atoms with Crippen molar-refractivity contribution < 1.29 is 4.79 Å². The van der Waals surface area contributed by atoms with Crippen LogP contribution in [0, 0.1) is 0 Å². The average molecular weight is 204 g/mol. The number of nitrogens with one attached hydrogen (secondary N) is 2. The first-order valence-corrected chi connectivity index (χ1v) is 5.38. The Bertz CT molecular complexity index is 324. The molecule has 1 aliphatic heterocycles. The molecule has 1 saturated heterocycles. The van der Waals surface area contributed by atoms with Crippen LogP contribution in [0.3, 0.4) is 0 Å². The lowest BCUT2D eigenvalue weighted by atomic mass is 10.0. The van der Waals surface area contributed by atoms with E-state index in [9.17, 15) is 4.79 Å². The summed E-state index contributed by atoms with van der Waals surface area (Å²) in [5.74, 6) is 0.154. The molecule has 3 heteroatoms. The molecule has 1 atom stereocenters.